The summed E-state index contributed by atoms with van der Waals surface area (Å²) >= 11 is 0. The van der Waals surface area contributed by atoms with Crippen LogP contribution in [0.2, 0.25) is 0 Å². The second kappa shape index (κ2) is 4.68. The molecule has 0 aliphatic carbocycles. The predicted octanol–water partition coefficient (Wildman–Crippen LogP) is 1.54. The van der Waals surface area contributed by atoms with Crippen LogP contribution in [0, 0.1) is 0 Å². The van der Waals surface area contributed by atoms with Crippen molar-refractivity contribution in [2.75, 3.05) is 11.9 Å². The molecule has 0 radical (unpaired) electrons. The zero-order chi connectivity index (χ0) is 13.2. The lowest BCUT2D eigenvalue weighted by molar-refractivity contribution is 0.452. The number of aromatic nitrogens is 5. The molecule has 7 heteroatoms. The topological polar surface area (TPSA) is 83.7 Å². The number of aryl methyl sites for hydroxylation is 1. The van der Waals surface area contributed by atoms with Crippen LogP contribution in [0.15, 0.2) is 23.0 Å². The molecule has 98 valence electrons. The predicted molar refractivity (Wildman–Crippen MR) is 69.7 cm³/mol. The molecule has 3 rings (SSSR count). The molecule has 0 aliphatic heterocycles. The van der Waals surface area contributed by atoms with Gasteiger partial charge in [-0.2, -0.15) is 0 Å². The van der Waals surface area contributed by atoms with Crippen molar-refractivity contribution in [3.8, 4) is 0 Å². The van der Waals surface area contributed by atoms with Crippen molar-refractivity contribution in [2.24, 2.45) is 0 Å². The van der Waals surface area contributed by atoms with Gasteiger partial charge in [0.05, 0.1) is 11.9 Å². The SMILES string of the molecule is CCc1nnc(CN(C)c2ncnc3[nH]ccc23)o1. The molecular formula is C12H14N6O. The van der Waals surface area contributed by atoms with Gasteiger partial charge in [-0.25, -0.2) is 9.97 Å². The number of hydrogen-bond acceptors (Lipinski definition) is 6. The van der Waals surface area contributed by atoms with Crippen LogP contribution >= 0.6 is 0 Å². The monoisotopic (exact) mass is 258 g/mol. The number of aromatic amines is 1. The molecule has 0 saturated heterocycles. The maximum absolute atomic E-state index is 5.50. The quantitative estimate of drug-likeness (QED) is 0.764. The average molecular weight is 258 g/mol. The molecule has 3 aromatic heterocycles. The van der Waals surface area contributed by atoms with Crippen LogP contribution in [0.5, 0.6) is 0 Å². The average Bonchev–Trinajstić information content (AvgIpc) is 3.05. The second-order valence-corrected chi connectivity index (χ2v) is 4.24. The number of anilines is 1. The van der Waals surface area contributed by atoms with Crippen LogP contribution in [-0.4, -0.2) is 32.2 Å². The smallest absolute Gasteiger partial charge is 0.235 e. The van der Waals surface area contributed by atoms with Gasteiger partial charge >= 0.3 is 0 Å². The van der Waals surface area contributed by atoms with E-state index in [0.717, 1.165) is 23.3 Å². The van der Waals surface area contributed by atoms with Gasteiger partial charge in [-0.05, 0) is 6.07 Å². The minimum atomic E-state index is 0.518. The molecule has 0 fully saturated rings. The van der Waals surface area contributed by atoms with Gasteiger partial charge in [-0.1, -0.05) is 6.92 Å². The van der Waals surface area contributed by atoms with Crippen LogP contribution in [0.3, 0.4) is 0 Å². The second-order valence-electron chi connectivity index (χ2n) is 4.24. The lowest BCUT2D eigenvalue weighted by Gasteiger charge is -2.16. The van der Waals surface area contributed by atoms with E-state index in [4.69, 9.17) is 4.42 Å². The van der Waals surface area contributed by atoms with Crippen LogP contribution in [-0.2, 0) is 13.0 Å². The summed E-state index contributed by atoms with van der Waals surface area (Å²) in [6.45, 7) is 2.50. The van der Waals surface area contributed by atoms with Gasteiger partial charge in [0.1, 0.15) is 17.8 Å². The van der Waals surface area contributed by atoms with Gasteiger partial charge < -0.3 is 14.3 Å². The van der Waals surface area contributed by atoms with Crippen LogP contribution in [0.1, 0.15) is 18.7 Å². The summed E-state index contributed by atoms with van der Waals surface area (Å²) < 4.78 is 5.50. The molecule has 0 bridgehead atoms. The maximum atomic E-state index is 5.50. The van der Waals surface area contributed by atoms with Crippen molar-refractivity contribution in [2.45, 2.75) is 19.9 Å². The van der Waals surface area contributed by atoms with Gasteiger partial charge in [0.2, 0.25) is 11.8 Å². The molecular weight excluding hydrogens is 244 g/mol. The molecule has 0 aliphatic rings. The summed E-state index contributed by atoms with van der Waals surface area (Å²) in [5.41, 5.74) is 0.816. The third-order valence-electron chi connectivity index (χ3n) is 2.88. The van der Waals surface area contributed by atoms with E-state index in [1.54, 1.807) is 0 Å². The zero-order valence-electron chi connectivity index (χ0n) is 10.8. The number of hydrogen-bond donors (Lipinski definition) is 1. The number of nitrogens with one attached hydrogen (secondary N) is 1. The van der Waals surface area contributed by atoms with Crippen molar-refractivity contribution in [1.29, 1.82) is 0 Å². The number of rotatable bonds is 4. The minimum Gasteiger partial charge on any atom is -0.423 e. The molecule has 0 spiro atoms. The normalized spacial score (nSPS) is 11.1. The third kappa shape index (κ3) is 2.14. The molecule has 7 nitrogen and oxygen atoms in total. The Morgan fingerprint density at radius 2 is 2.11 bits per heavy atom. The summed E-state index contributed by atoms with van der Waals surface area (Å²) in [6.07, 6.45) is 4.13. The van der Waals surface area contributed by atoms with E-state index < -0.39 is 0 Å². The number of fused-ring (bicyclic) bond motifs is 1. The lowest BCUT2D eigenvalue weighted by atomic mass is 10.3. The Balaban J connectivity index is 1.87. The van der Waals surface area contributed by atoms with Crippen LogP contribution in [0.4, 0.5) is 5.82 Å². The van der Waals surface area contributed by atoms with E-state index in [2.05, 4.69) is 25.1 Å². The van der Waals surface area contributed by atoms with Crippen molar-refractivity contribution in [3.05, 3.63) is 30.4 Å². The largest absolute Gasteiger partial charge is 0.423 e. The van der Waals surface area contributed by atoms with Crippen molar-refractivity contribution < 1.29 is 4.42 Å². The summed E-state index contributed by atoms with van der Waals surface area (Å²) in [5.74, 6) is 2.07. The molecule has 3 aromatic rings. The molecule has 0 atom stereocenters. The highest BCUT2D eigenvalue weighted by atomic mass is 16.4. The summed E-state index contributed by atoms with van der Waals surface area (Å²) in [4.78, 5) is 13.5. The Hall–Kier alpha value is -2.44. The van der Waals surface area contributed by atoms with E-state index in [-0.39, 0.29) is 0 Å². The van der Waals surface area contributed by atoms with E-state index in [9.17, 15) is 0 Å². The lowest BCUT2D eigenvalue weighted by Crippen LogP contribution is -2.18. The molecule has 19 heavy (non-hydrogen) atoms. The number of H-pyrrole nitrogens is 1. The molecule has 1 N–H and O–H groups in total. The van der Waals surface area contributed by atoms with E-state index >= 15 is 0 Å². The van der Waals surface area contributed by atoms with E-state index in [1.807, 2.05) is 31.1 Å². The van der Waals surface area contributed by atoms with Gasteiger partial charge in [0.15, 0.2) is 0 Å². The fourth-order valence-electron chi connectivity index (χ4n) is 1.94. The minimum absolute atomic E-state index is 0.518. The Labute approximate surface area is 109 Å². The fraction of sp³-hybridized carbons (Fsp3) is 0.333. The van der Waals surface area contributed by atoms with Gasteiger partial charge in [-0.3, -0.25) is 0 Å². The Bertz CT molecular complexity index is 688. The first-order valence-electron chi connectivity index (χ1n) is 6.08. The third-order valence-corrected chi connectivity index (χ3v) is 2.88. The Morgan fingerprint density at radius 3 is 2.89 bits per heavy atom. The first kappa shape index (κ1) is 11.6. The van der Waals surface area contributed by atoms with Crippen molar-refractivity contribution >= 4 is 16.9 Å². The first-order chi connectivity index (χ1) is 9.28. The van der Waals surface area contributed by atoms with E-state index in [1.165, 1.54) is 6.33 Å². The Kier molecular flexibility index (Phi) is 2.86. The summed E-state index contributed by atoms with van der Waals surface area (Å²) in [6, 6.07) is 1.95. The summed E-state index contributed by atoms with van der Waals surface area (Å²) in [5, 5.41) is 8.93. The zero-order valence-corrected chi connectivity index (χ0v) is 10.8. The Morgan fingerprint density at radius 1 is 1.26 bits per heavy atom. The highest BCUT2D eigenvalue weighted by Crippen LogP contribution is 2.21. The van der Waals surface area contributed by atoms with Crippen molar-refractivity contribution in [1.82, 2.24) is 25.1 Å². The molecule has 0 unspecified atom stereocenters. The molecule has 0 saturated carbocycles. The summed E-state index contributed by atoms with van der Waals surface area (Å²) in [7, 11) is 1.94. The molecule has 3 heterocycles. The van der Waals surface area contributed by atoms with Gasteiger partial charge in [0, 0.05) is 19.7 Å². The standard InChI is InChI=1S/C12H14N6O/c1-3-9-16-17-10(19-9)6-18(2)12-8-4-5-13-11(8)14-7-15-12/h4-5,7H,3,6H2,1-2H3,(H,13,14,15). The first-order valence-corrected chi connectivity index (χ1v) is 6.08. The maximum Gasteiger partial charge on any atom is 0.235 e. The number of nitrogens with zero attached hydrogens (tertiary/aromatic N) is 5. The highest BCUT2D eigenvalue weighted by Gasteiger charge is 2.13. The van der Waals surface area contributed by atoms with E-state index in [0.29, 0.717) is 18.3 Å². The van der Waals surface area contributed by atoms with Crippen LogP contribution < -0.4 is 4.90 Å². The highest BCUT2D eigenvalue weighted by molar-refractivity contribution is 5.87. The molecule has 0 aromatic carbocycles. The van der Waals surface area contributed by atoms with Crippen LogP contribution in [0.25, 0.3) is 11.0 Å². The fourth-order valence-corrected chi connectivity index (χ4v) is 1.94. The molecule has 0 amide bonds. The van der Waals surface area contributed by atoms with Crippen molar-refractivity contribution in [3.63, 3.8) is 0 Å². The van der Waals surface area contributed by atoms with Gasteiger partial charge in [0.25, 0.3) is 0 Å². The van der Waals surface area contributed by atoms with Gasteiger partial charge in [-0.15, -0.1) is 10.2 Å².